The Kier molecular flexibility index (Phi) is 6.39. The van der Waals surface area contributed by atoms with Crippen LogP contribution in [0.25, 0.3) is 5.69 Å². The van der Waals surface area contributed by atoms with E-state index in [-0.39, 0.29) is 22.6 Å². The Morgan fingerprint density at radius 1 is 1.32 bits per heavy atom. The Morgan fingerprint density at radius 2 is 2.13 bits per heavy atom. The van der Waals surface area contributed by atoms with Gasteiger partial charge >= 0.3 is 0 Å². The number of carbonyl (C=O) groups is 1. The summed E-state index contributed by atoms with van der Waals surface area (Å²) in [6.07, 6.45) is 5.22. The lowest BCUT2D eigenvalue weighted by Gasteiger charge is -2.15. The summed E-state index contributed by atoms with van der Waals surface area (Å²) < 4.78 is 2.27. The van der Waals surface area contributed by atoms with Crippen molar-refractivity contribution in [1.29, 1.82) is 0 Å². The average molecular weight is 554 g/mol. The zero-order valence-electron chi connectivity index (χ0n) is 16.0. The summed E-state index contributed by atoms with van der Waals surface area (Å²) in [4.78, 5) is 29.4. The fourth-order valence-electron chi connectivity index (χ4n) is 2.91. The lowest BCUT2D eigenvalue weighted by atomic mass is 10.1. The molecule has 1 saturated carbocycles. The molecule has 160 valence electrons. The molecule has 0 unspecified atom stereocenters. The molecule has 3 aromatic rings. The van der Waals surface area contributed by atoms with Crippen LogP contribution in [0, 0.1) is 19.6 Å². The topological polar surface area (TPSA) is 111 Å². The SMILES string of the molecule is O=C(NOCC1CC1)c1cc(-n2cccn2)c([N+](=O)[O-])cc1Nc1ccc(I)cc1Cl. The molecule has 4 rings (SSSR count). The molecule has 1 aromatic heterocycles. The number of hydrogen-bond acceptors (Lipinski definition) is 6. The number of nitrogens with one attached hydrogen (secondary N) is 2. The van der Waals surface area contributed by atoms with Crippen LogP contribution in [0.15, 0.2) is 48.8 Å². The van der Waals surface area contributed by atoms with Gasteiger partial charge in [-0.15, -0.1) is 0 Å². The van der Waals surface area contributed by atoms with Crippen molar-refractivity contribution in [3.63, 3.8) is 0 Å². The Bertz CT molecular complexity index is 1130. The highest BCUT2D eigenvalue weighted by atomic mass is 127. The number of nitro benzene ring substituents is 1. The van der Waals surface area contributed by atoms with Gasteiger partial charge in [0.25, 0.3) is 11.6 Å². The van der Waals surface area contributed by atoms with Gasteiger partial charge in [0.2, 0.25) is 0 Å². The third kappa shape index (κ3) is 5.14. The first-order valence-corrected chi connectivity index (χ1v) is 10.8. The van der Waals surface area contributed by atoms with Crippen LogP contribution in [0.1, 0.15) is 23.2 Å². The standard InChI is InChI=1S/C20H17ClIN5O4/c21-15-8-13(22)4-5-16(15)24-17-10-19(27(29)30)18(26-7-1-6-23-26)9-14(17)20(28)25-31-11-12-2-3-12/h1,4-10,12,24H,2-3,11H2,(H,25,28). The Labute approximate surface area is 196 Å². The van der Waals surface area contributed by atoms with Gasteiger partial charge in [-0.1, -0.05) is 11.6 Å². The molecule has 0 radical (unpaired) electrons. The molecule has 0 saturated heterocycles. The molecule has 1 amide bonds. The summed E-state index contributed by atoms with van der Waals surface area (Å²) in [5.41, 5.74) is 3.25. The van der Waals surface area contributed by atoms with Crippen molar-refractivity contribution in [2.75, 3.05) is 11.9 Å². The first-order valence-electron chi connectivity index (χ1n) is 9.39. The monoisotopic (exact) mass is 553 g/mol. The van der Waals surface area contributed by atoms with E-state index in [0.717, 1.165) is 16.4 Å². The maximum atomic E-state index is 12.9. The van der Waals surface area contributed by atoms with Gasteiger partial charge in [-0.25, -0.2) is 10.2 Å². The molecule has 0 atom stereocenters. The number of benzene rings is 2. The van der Waals surface area contributed by atoms with Gasteiger partial charge < -0.3 is 5.32 Å². The summed E-state index contributed by atoms with van der Waals surface area (Å²) in [6.45, 7) is 0.427. The number of carbonyl (C=O) groups excluding carboxylic acids is 1. The summed E-state index contributed by atoms with van der Waals surface area (Å²) in [7, 11) is 0. The second-order valence-electron chi connectivity index (χ2n) is 7.03. The van der Waals surface area contributed by atoms with Crippen molar-refractivity contribution in [2.24, 2.45) is 5.92 Å². The zero-order valence-corrected chi connectivity index (χ0v) is 19.0. The van der Waals surface area contributed by atoms with E-state index in [4.69, 9.17) is 16.4 Å². The van der Waals surface area contributed by atoms with Gasteiger partial charge in [-0.3, -0.25) is 19.7 Å². The number of rotatable bonds is 8. The largest absolute Gasteiger partial charge is 0.353 e. The first kappa shape index (κ1) is 21.5. The number of anilines is 2. The summed E-state index contributed by atoms with van der Waals surface area (Å²) in [5, 5.41) is 19.3. The van der Waals surface area contributed by atoms with Crippen LogP contribution in [0.4, 0.5) is 17.1 Å². The van der Waals surface area contributed by atoms with E-state index < -0.39 is 10.8 Å². The Balaban J connectivity index is 1.75. The zero-order chi connectivity index (χ0) is 22.0. The lowest BCUT2D eigenvalue weighted by molar-refractivity contribution is -0.384. The van der Waals surface area contributed by atoms with Crippen LogP contribution in [0.5, 0.6) is 0 Å². The van der Waals surface area contributed by atoms with Crippen molar-refractivity contribution < 1.29 is 14.6 Å². The molecule has 1 heterocycles. The van der Waals surface area contributed by atoms with Gasteiger partial charge in [-0.2, -0.15) is 5.10 Å². The van der Waals surface area contributed by atoms with Crippen molar-refractivity contribution in [2.45, 2.75) is 12.8 Å². The van der Waals surface area contributed by atoms with E-state index >= 15 is 0 Å². The molecule has 0 bridgehead atoms. The molecule has 11 heteroatoms. The molecule has 9 nitrogen and oxygen atoms in total. The third-order valence-electron chi connectivity index (χ3n) is 4.69. The van der Waals surface area contributed by atoms with Gasteiger partial charge in [-0.05, 0) is 71.7 Å². The smallest absolute Gasteiger partial charge is 0.296 e. The number of aromatic nitrogens is 2. The van der Waals surface area contributed by atoms with Crippen LogP contribution in [-0.4, -0.2) is 27.2 Å². The Morgan fingerprint density at radius 3 is 2.77 bits per heavy atom. The second kappa shape index (κ2) is 9.20. The van der Waals surface area contributed by atoms with Crippen LogP contribution in [0.3, 0.4) is 0 Å². The minimum absolute atomic E-state index is 0.154. The van der Waals surface area contributed by atoms with Gasteiger partial charge in [0.1, 0.15) is 5.69 Å². The van der Waals surface area contributed by atoms with Crippen molar-refractivity contribution >= 4 is 57.2 Å². The van der Waals surface area contributed by atoms with Crippen LogP contribution >= 0.6 is 34.2 Å². The highest BCUT2D eigenvalue weighted by Crippen LogP contribution is 2.34. The maximum Gasteiger partial charge on any atom is 0.296 e. The molecular formula is C20H17ClIN5O4. The fourth-order valence-corrected chi connectivity index (χ4v) is 3.81. The molecule has 2 N–H and O–H groups in total. The van der Waals surface area contributed by atoms with Crippen LogP contribution < -0.4 is 10.8 Å². The molecule has 1 aliphatic rings. The molecule has 0 spiro atoms. The normalized spacial score (nSPS) is 13.1. The summed E-state index contributed by atoms with van der Waals surface area (Å²) in [5.74, 6) is -0.0759. The summed E-state index contributed by atoms with van der Waals surface area (Å²) in [6, 6.07) is 9.66. The van der Waals surface area contributed by atoms with Gasteiger partial charge in [0.15, 0.2) is 0 Å². The third-order valence-corrected chi connectivity index (χ3v) is 5.67. The van der Waals surface area contributed by atoms with Crippen molar-refractivity contribution in [3.05, 3.63) is 73.1 Å². The quantitative estimate of drug-likeness (QED) is 0.234. The number of hydrogen-bond donors (Lipinski definition) is 2. The van der Waals surface area contributed by atoms with E-state index in [9.17, 15) is 14.9 Å². The van der Waals surface area contributed by atoms with Gasteiger partial charge in [0, 0.05) is 22.0 Å². The van der Waals surface area contributed by atoms with Crippen LogP contribution in [-0.2, 0) is 4.84 Å². The Hall–Kier alpha value is -2.70. The number of halogens is 2. The predicted molar refractivity (Wildman–Crippen MR) is 124 cm³/mol. The first-order chi connectivity index (χ1) is 14.9. The number of amides is 1. The highest BCUT2D eigenvalue weighted by Gasteiger charge is 2.25. The number of hydroxylamine groups is 1. The molecule has 1 fully saturated rings. The molecule has 1 aliphatic carbocycles. The van der Waals surface area contributed by atoms with Crippen molar-refractivity contribution in [3.8, 4) is 5.69 Å². The van der Waals surface area contributed by atoms with Crippen molar-refractivity contribution in [1.82, 2.24) is 15.3 Å². The highest BCUT2D eigenvalue weighted by molar-refractivity contribution is 14.1. The number of nitro groups is 1. The second-order valence-corrected chi connectivity index (χ2v) is 8.68. The fraction of sp³-hybridized carbons (Fsp3) is 0.200. The molecular weight excluding hydrogens is 537 g/mol. The minimum Gasteiger partial charge on any atom is -0.353 e. The van der Waals surface area contributed by atoms with E-state index in [2.05, 4.69) is 38.5 Å². The molecule has 2 aromatic carbocycles. The number of nitrogens with zero attached hydrogens (tertiary/aromatic N) is 3. The van der Waals surface area contributed by atoms with E-state index in [1.165, 1.54) is 23.0 Å². The van der Waals surface area contributed by atoms with E-state index in [0.29, 0.717) is 23.2 Å². The minimum atomic E-state index is -0.534. The summed E-state index contributed by atoms with van der Waals surface area (Å²) >= 11 is 8.44. The maximum absolute atomic E-state index is 12.9. The average Bonchev–Trinajstić information content (AvgIpc) is 3.39. The van der Waals surface area contributed by atoms with E-state index in [1.807, 2.05) is 6.07 Å². The van der Waals surface area contributed by atoms with E-state index in [1.54, 1.807) is 24.4 Å². The van der Waals surface area contributed by atoms with Gasteiger partial charge in [0.05, 0.1) is 33.5 Å². The predicted octanol–water partition coefficient (Wildman–Crippen LogP) is 4.85. The lowest BCUT2D eigenvalue weighted by Crippen LogP contribution is -2.26. The molecule has 31 heavy (non-hydrogen) atoms. The van der Waals surface area contributed by atoms with Crippen LogP contribution in [0.2, 0.25) is 5.02 Å². The molecule has 0 aliphatic heterocycles.